The van der Waals surface area contributed by atoms with Gasteiger partial charge in [-0.15, -0.1) is 0 Å². The summed E-state index contributed by atoms with van der Waals surface area (Å²) in [5, 5.41) is 0. The average molecular weight is 204 g/mol. The van der Waals surface area contributed by atoms with Crippen molar-refractivity contribution < 1.29 is 4.79 Å². The Balaban J connectivity index is 2.03. The zero-order chi connectivity index (χ0) is 10.8. The van der Waals surface area contributed by atoms with Crippen molar-refractivity contribution in [2.45, 2.75) is 25.3 Å². The number of hydrogen-bond donors (Lipinski definition) is 1. The molecule has 1 aromatic carbocycles. The SMILES string of the molecule is CN1C(=O)CCC1Cc1ccc(N)cc1. The number of likely N-dealkylation sites (N-methyl/N-ethyl adjacent to an activating group) is 1. The van der Waals surface area contributed by atoms with Crippen molar-refractivity contribution >= 4 is 11.6 Å². The summed E-state index contributed by atoms with van der Waals surface area (Å²) in [4.78, 5) is 13.2. The number of nitrogens with zero attached hydrogens (tertiary/aromatic N) is 1. The van der Waals surface area contributed by atoms with Crippen LogP contribution in [-0.2, 0) is 11.2 Å². The van der Waals surface area contributed by atoms with Gasteiger partial charge in [-0.1, -0.05) is 12.1 Å². The molecule has 3 nitrogen and oxygen atoms in total. The van der Waals surface area contributed by atoms with Crippen LogP contribution in [0.25, 0.3) is 0 Å². The summed E-state index contributed by atoms with van der Waals surface area (Å²) >= 11 is 0. The van der Waals surface area contributed by atoms with Crippen LogP contribution >= 0.6 is 0 Å². The van der Waals surface area contributed by atoms with Crippen LogP contribution in [0.2, 0.25) is 0 Å². The number of nitrogen functional groups attached to an aromatic ring is 1. The Morgan fingerprint density at radius 3 is 2.60 bits per heavy atom. The second kappa shape index (κ2) is 3.93. The van der Waals surface area contributed by atoms with Crippen LogP contribution in [0.1, 0.15) is 18.4 Å². The summed E-state index contributed by atoms with van der Waals surface area (Å²) in [5.74, 6) is 0.260. The topological polar surface area (TPSA) is 46.3 Å². The van der Waals surface area contributed by atoms with E-state index in [1.54, 1.807) is 0 Å². The van der Waals surface area contributed by atoms with Gasteiger partial charge in [-0.05, 0) is 30.5 Å². The third-order valence-corrected chi connectivity index (χ3v) is 3.08. The second-order valence-corrected chi connectivity index (χ2v) is 4.14. The Morgan fingerprint density at radius 2 is 2.07 bits per heavy atom. The van der Waals surface area contributed by atoms with E-state index >= 15 is 0 Å². The van der Waals surface area contributed by atoms with Gasteiger partial charge in [-0.2, -0.15) is 0 Å². The predicted molar refractivity (Wildman–Crippen MR) is 60.4 cm³/mol. The summed E-state index contributed by atoms with van der Waals surface area (Å²) < 4.78 is 0. The van der Waals surface area contributed by atoms with Crippen LogP contribution in [0.4, 0.5) is 5.69 Å². The minimum absolute atomic E-state index is 0.260. The van der Waals surface area contributed by atoms with E-state index in [0.29, 0.717) is 12.5 Å². The van der Waals surface area contributed by atoms with Crippen LogP contribution < -0.4 is 5.73 Å². The molecule has 0 aromatic heterocycles. The van der Waals surface area contributed by atoms with Crippen LogP contribution in [0.5, 0.6) is 0 Å². The molecule has 1 fully saturated rings. The van der Waals surface area contributed by atoms with Crippen LogP contribution in [0.15, 0.2) is 24.3 Å². The summed E-state index contributed by atoms with van der Waals surface area (Å²) in [7, 11) is 1.89. The summed E-state index contributed by atoms with van der Waals surface area (Å²) in [5.41, 5.74) is 7.65. The van der Waals surface area contributed by atoms with E-state index < -0.39 is 0 Å². The highest BCUT2D eigenvalue weighted by Crippen LogP contribution is 2.20. The van der Waals surface area contributed by atoms with Gasteiger partial charge >= 0.3 is 0 Å². The Bertz CT molecular complexity index is 358. The number of amides is 1. The standard InChI is InChI=1S/C12H16N2O/c1-14-11(6-7-12(14)15)8-9-2-4-10(13)5-3-9/h2-5,11H,6-8,13H2,1H3. The van der Waals surface area contributed by atoms with Gasteiger partial charge < -0.3 is 10.6 Å². The first-order valence-corrected chi connectivity index (χ1v) is 5.27. The van der Waals surface area contributed by atoms with Gasteiger partial charge in [-0.25, -0.2) is 0 Å². The molecule has 1 amide bonds. The molecule has 2 rings (SSSR count). The molecule has 1 aliphatic heterocycles. The lowest BCUT2D eigenvalue weighted by molar-refractivity contribution is -0.127. The molecule has 0 aliphatic carbocycles. The highest BCUT2D eigenvalue weighted by Gasteiger charge is 2.27. The molecule has 1 aliphatic rings. The van der Waals surface area contributed by atoms with Gasteiger partial charge in [0.2, 0.25) is 5.91 Å². The molecule has 80 valence electrons. The van der Waals surface area contributed by atoms with E-state index in [-0.39, 0.29) is 5.91 Å². The molecule has 3 heteroatoms. The predicted octanol–water partition coefficient (Wildman–Crippen LogP) is 1.43. The average Bonchev–Trinajstić information content (AvgIpc) is 2.53. The molecule has 1 saturated heterocycles. The molecule has 0 bridgehead atoms. The maximum atomic E-state index is 11.3. The monoisotopic (exact) mass is 204 g/mol. The quantitative estimate of drug-likeness (QED) is 0.741. The molecular weight excluding hydrogens is 188 g/mol. The van der Waals surface area contributed by atoms with Crippen molar-refractivity contribution in [1.29, 1.82) is 0 Å². The van der Waals surface area contributed by atoms with Gasteiger partial charge in [0.25, 0.3) is 0 Å². The number of anilines is 1. The van der Waals surface area contributed by atoms with Crippen molar-refractivity contribution in [3.63, 3.8) is 0 Å². The normalized spacial score (nSPS) is 21.0. The lowest BCUT2D eigenvalue weighted by atomic mass is 10.0. The first kappa shape index (κ1) is 10.0. The maximum Gasteiger partial charge on any atom is 0.222 e. The molecule has 0 spiro atoms. The van der Waals surface area contributed by atoms with Crippen molar-refractivity contribution in [2.24, 2.45) is 0 Å². The minimum atomic E-state index is 0.260. The molecule has 1 heterocycles. The largest absolute Gasteiger partial charge is 0.399 e. The molecule has 1 unspecified atom stereocenters. The van der Waals surface area contributed by atoms with Gasteiger partial charge in [0.15, 0.2) is 0 Å². The first-order chi connectivity index (χ1) is 7.16. The zero-order valence-electron chi connectivity index (χ0n) is 8.94. The van der Waals surface area contributed by atoms with E-state index in [0.717, 1.165) is 18.5 Å². The number of carbonyl (C=O) groups excluding carboxylic acids is 1. The summed E-state index contributed by atoms with van der Waals surface area (Å²) in [6, 6.07) is 8.25. The lowest BCUT2D eigenvalue weighted by Crippen LogP contribution is -2.30. The highest BCUT2D eigenvalue weighted by molar-refractivity contribution is 5.78. The van der Waals surface area contributed by atoms with Gasteiger partial charge in [0, 0.05) is 25.2 Å². The van der Waals surface area contributed by atoms with Crippen molar-refractivity contribution in [1.82, 2.24) is 4.90 Å². The number of rotatable bonds is 2. The second-order valence-electron chi connectivity index (χ2n) is 4.14. The molecule has 2 N–H and O–H groups in total. The lowest BCUT2D eigenvalue weighted by Gasteiger charge is -2.19. The Morgan fingerprint density at radius 1 is 1.40 bits per heavy atom. The molecule has 0 saturated carbocycles. The Hall–Kier alpha value is -1.51. The maximum absolute atomic E-state index is 11.3. The fourth-order valence-corrected chi connectivity index (χ4v) is 2.03. The number of benzene rings is 1. The van der Waals surface area contributed by atoms with Crippen molar-refractivity contribution in [3.8, 4) is 0 Å². The van der Waals surface area contributed by atoms with Gasteiger partial charge in [0.1, 0.15) is 0 Å². The third kappa shape index (κ3) is 2.12. The summed E-state index contributed by atoms with van der Waals surface area (Å²) in [6.45, 7) is 0. The van der Waals surface area contributed by atoms with E-state index in [9.17, 15) is 4.79 Å². The van der Waals surface area contributed by atoms with E-state index in [1.807, 2.05) is 36.2 Å². The number of hydrogen-bond acceptors (Lipinski definition) is 2. The highest BCUT2D eigenvalue weighted by atomic mass is 16.2. The first-order valence-electron chi connectivity index (χ1n) is 5.27. The van der Waals surface area contributed by atoms with E-state index in [2.05, 4.69) is 0 Å². The number of nitrogens with two attached hydrogens (primary N) is 1. The third-order valence-electron chi connectivity index (χ3n) is 3.08. The molecular formula is C12H16N2O. The molecule has 0 radical (unpaired) electrons. The van der Waals surface area contributed by atoms with Gasteiger partial charge in [-0.3, -0.25) is 4.79 Å². The molecule has 1 aromatic rings. The zero-order valence-corrected chi connectivity index (χ0v) is 8.94. The number of likely N-dealkylation sites (tertiary alicyclic amines) is 1. The van der Waals surface area contributed by atoms with E-state index in [4.69, 9.17) is 5.73 Å². The number of carbonyl (C=O) groups is 1. The van der Waals surface area contributed by atoms with Crippen molar-refractivity contribution in [2.75, 3.05) is 12.8 Å². The summed E-state index contributed by atoms with van der Waals surface area (Å²) in [6.07, 6.45) is 2.60. The molecule has 15 heavy (non-hydrogen) atoms. The van der Waals surface area contributed by atoms with Crippen LogP contribution in [0.3, 0.4) is 0 Å². The van der Waals surface area contributed by atoms with Gasteiger partial charge in [0.05, 0.1) is 0 Å². The fraction of sp³-hybridized carbons (Fsp3) is 0.417. The fourth-order valence-electron chi connectivity index (χ4n) is 2.03. The van der Waals surface area contributed by atoms with Crippen LogP contribution in [-0.4, -0.2) is 23.9 Å². The minimum Gasteiger partial charge on any atom is -0.399 e. The Kier molecular flexibility index (Phi) is 2.62. The molecule has 1 atom stereocenters. The smallest absolute Gasteiger partial charge is 0.222 e. The Labute approximate surface area is 89.9 Å². The van der Waals surface area contributed by atoms with Crippen molar-refractivity contribution in [3.05, 3.63) is 29.8 Å². The van der Waals surface area contributed by atoms with Crippen LogP contribution in [0, 0.1) is 0 Å². The van der Waals surface area contributed by atoms with E-state index in [1.165, 1.54) is 5.56 Å².